The van der Waals surface area contributed by atoms with Crippen LogP contribution < -0.4 is 26.4 Å². The number of hydrogen-bond acceptors (Lipinski definition) is 7. The summed E-state index contributed by atoms with van der Waals surface area (Å²) in [4.78, 5) is 16.0. The molecule has 67 heavy (non-hydrogen) atoms. The van der Waals surface area contributed by atoms with Crippen molar-refractivity contribution >= 4 is 67.3 Å². The van der Waals surface area contributed by atoms with Crippen molar-refractivity contribution in [3.63, 3.8) is 0 Å². The largest absolute Gasteiger partial charge is 0.396 e. The van der Waals surface area contributed by atoms with Crippen LogP contribution in [0.3, 0.4) is 0 Å². The molecule has 10 aromatic rings. The van der Waals surface area contributed by atoms with E-state index in [4.69, 9.17) is 15.7 Å². The molecular weight excluding hydrogens is 819 g/mol. The molecule has 0 aliphatic heterocycles. The highest BCUT2D eigenvalue weighted by Gasteiger charge is 2.32. The molecular formula is C60H49N7. The maximum atomic E-state index is 7.61. The van der Waals surface area contributed by atoms with Gasteiger partial charge in [-0.2, -0.15) is 0 Å². The molecule has 0 atom stereocenters. The third-order valence-electron chi connectivity index (χ3n) is 13.3. The molecule has 0 amide bonds. The highest BCUT2D eigenvalue weighted by molar-refractivity contribution is 6.19. The summed E-state index contributed by atoms with van der Waals surface area (Å²) in [6.07, 6.45) is 2.11. The van der Waals surface area contributed by atoms with Crippen LogP contribution in [0.5, 0.6) is 0 Å². The van der Waals surface area contributed by atoms with Crippen LogP contribution in [0.4, 0.5) is 45.5 Å². The summed E-state index contributed by atoms with van der Waals surface area (Å²) in [5.74, 6) is 0.391. The molecule has 7 nitrogen and oxygen atoms in total. The zero-order valence-electron chi connectivity index (χ0n) is 37.5. The summed E-state index contributed by atoms with van der Waals surface area (Å²) in [5.41, 5.74) is 34.6. The quantitative estimate of drug-likeness (QED) is 0.0833. The van der Waals surface area contributed by atoms with E-state index in [2.05, 4.69) is 229 Å². The van der Waals surface area contributed by atoms with Gasteiger partial charge in [0.25, 0.3) is 0 Å². The van der Waals surface area contributed by atoms with E-state index >= 15 is 0 Å². The minimum atomic E-state index is 0.391. The van der Waals surface area contributed by atoms with E-state index in [-0.39, 0.29) is 0 Å². The van der Waals surface area contributed by atoms with E-state index in [1.807, 2.05) is 0 Å². The molecule has 0 fully saturated rings. The molecule has 0 saturated carbocycles. The minimum absolute atomic E-state index is 0.391. The van der Waals surface area contributed by atoms with E-state index in [1.54, 1.807) is 0 Å². The normalized spacial score (nSPS) is 12.2. The highest BCUT2D eigenvalue weighted by Crippen LogP contribution is 2.53. The number of nitrogens with zero attached hydrogens (tertiary/aromatic N) is 4. The van der Waals surface area contributed by atoms with Crippen molar-refractivity contribution < 1.29 is 0 Å². The van der Waals surface area contributed by atoms with Gasteiger partial charge in [-0.15, -0.1) is 0 Å². The first-order chi connectivity index (χ1) is 33.0. The average Bonchev–Trinajstić information content (AvgIpc) is 3.94. The fourth-order valence-corrected chi connectivity index (χ4v) is 10.2. The smallest absolute Gasteiger partial charge is 0.100 e. The number of nitrogens with two attached hydrogens (primary N) is 1. The molecule has 324 valence electrons. The fourth-order valence-electron chi connectivity index (χ4n) is 10.2. The third kappa shape index (κ3) is 6.94. The standard InChI is InChI=1S/C60H49N7/c1-38(2)37-62-65-58-53(42-27-33-48(34-28-42)67(45-19-11-5-12-20-45)46-21-13-6-14-22-46)60-59(63-56-49-35-29-39-23-24-40-30-36-50(57(56)64-60)54(49)51(39)40)52(55(58)61)41-25-31-47(32-26-41)66(43-15-7-3-8-16-43)44-17-9-4-10-18-44/h3-22,25-36,38,62,65H,23-24,37,61H2,1-2H3. The predicted molar refractivity (Wildman–Crippen MR) is 280 cm³/mol. The topological polar surface area (TPSA) is 82.3 Å². The Labute approximate surface area is 391 Å². The molecule has 9 aromatic carbocycles. The summed E-state index contributed by atoms with van der Waals surface area (Å²) in [7, 11) is 0. The number of hydrazine groups is 1. The van der Waals surface area contributed by atoms with Crippen molar-refractivity contribution in [3.8, 4) is 44.8 Å². The van der Waals surface area contributed by atoms with Crippen LogP contribution in [0.1, 0.15) is 25.0 Å². The Hall–Kier alpha value is -8.26. The third-order valence-corrected chi connectivity index (χ3v) is 13.3. The number of anilines is 8. The predicted octanol–water partition coefficient (Wildman–Crippen LogP) is 15.0. The van der Waals surface area contributed by atoms with Crippen molar-refractivity contribution in [2.75, 3.05) is 27.5 Å². The summed E-state index contributed by atoms with van der Waals surface area (Å²) in [6, 6.07) is 68.6. The number of benzene rings is 9. The lowest BCUT2D eigenvalue weighted by Gasteiger charge is -2.26. The van der Waals surface area contributed by atoms with Gasteiger partial charge in [-0.1, -0.05) is 135 Å². The lowest BCUT2D eigenvalue weighted by atomic mass is 9.92. The van der Waals surface area contributed by atoms with Crippen molar-refractivity contribution in [2.24, 2.45) is 5.92 Å². The molecule has 0 radical (unpaired) electrons. The Morgan fingerprint density at radius 1 is 0.463 bits per heavy atom. The number of nitrogens with one attached hydrogen (secondary N) is 2. The highest BCUT2D eigenvalue weighted by atomic mass is 15.4. The van der Waals surface area contributed by atoms with Gasteiger partial charge in [0.1, 0.15) is 11.0 Å². The molecule has 2 aliphatic rings. The van der Waals surface area contributed by atoms with Crippen molar-refractivity contribution in [2.45, 2.75) is 26.7 Å². The van der Waals surface area contributed by atoms with Crippen molar-refractivity contribution in [1.29, 1.82) is 0 Å². The van der Waals surface area contributed by atoms with Gasteiger partial charge in [0.2, 0.25) is 0 Å². The van der Waals surface area contributed by atoms with Crippen LogP contribution >= 0.6 is 0 Å². The summed E-state index contributed by atoms with van der Waals surface area (Å²) < 4.78 is 0. The number of aryl methyl sites for hydroxylation is 2. The molecule has 0 bridgehead atoms. The number of para-hydroxylation sites is 4. The van der Waals surface area contributed by atoms with Crippen LogP contribution in [0.2, 0.25) is 0 Å². The summed E-state index contributed by atoms with van der Waals surface area (Å²) in [6.45, 7) is 5.13. The second-order valence-electron chi connectivity index (χ2n) is 18.0. The van der Waals surface area contributed by atoms with Gasteiger partial charge in [-0.3, -0.25) is 0 Å². The van der Waals surface area contributed by atoms with Gasteiger partial charge in [-0.05, 0) is 119 Å². The maximum Gasteiger partial charge on any atom is 0.100 e. The van der Waals surface area contributed by atoms with Crippen LogP contribution in [0, 0.1) is 5.92 Å². The van der Waals surface area contributed by atoms with Gasteiger partial charge in [0, 0.05) is 68.3 Å². The van der Waals surface area contributed by atoms with E-state index in [1.165, 1.54) is 21.9 Å². The second kappa shape index (κ2) is 16.6. The fraction of sp³-hybridized carbons (Fsp3) is 0.100. The SMILES string of the molecule is CC(C)CNNc1c(N)c(-c2ccc(N(c3ccccc3)c3ccccc3)cc2)c2nc3c(nc2c1-c1ccc(N(c2ccccc2)c2ccccc2)cc1)-c1ccc2c4c(ccc-3c14)CC2. The molecule has 4 N–H and O–H groups in total. The first-order valence-corrected chi connectivity index (χ1v) is 23.3. The van der Waals surface area contributed by atoms with Gasteiger partial charge in [-0.25, -0.2) is 15.4 Å². The van der Waals surface area contributed by atoms with Gasteiger partial charge in [0.05, 0.1) is 22.8 Å². The molecule has 2 aliphatic carbocycles. The Kier molecular flexibility index (Phi) is 9.99. The Morgan fingerprint density at radius 3 is 1.27 bits per heavy atom. The number of aromatic nitrogens is 2. The van der Waals surface area contributed by atoms with E-state index in [0.717, 1.165) is 115 Å². The Bertz CT molecular complexity index is 3360. The van der Waals surface area contributed by atoms with Crippen molar-refractivity contribution in [3.05, 3.63) is 205 Å². The molecule has 1 heterocycles. The maximum absolute atomic E-state index is 7.61. The lowest BCUT2D eigenvalue weighted by molar-refractivity contribution is 0.591. The van der Waals surface area contributed by atoms with Crippen LogP contribution in [0.15, 0.2) is 194 Å². The Morgan fingerprint density at radius 2 is 0.851 bits per heavy atom. The first kappa shape index (κ1) is 40.3. The zero-order valence-corrected chi connectivity index (χ0v) is 37.5. The molecule has 12 rings (SSSR count). The van der Waals surface area contributed by atoms with Gasteiger partial charge < -0.3 is 21.0 Å². The first-order valence-electron chi connectivity index (χ1n) is 23.3. The summed E-state index contributed by atoms with van der Waals surface area (Å²) >= 11 is 0. The van der Waals surface area contributed by atoms with Gasteiger partial charge in [0.15, 0.2) is 0 Å². The molecule has 7 heteroatoms. The molecule has 0 spiro atoms. The van der Waals surface area contributed by atoms with E-state index in [9.17, 15) is 0 Å². The van der Waals surface area contributed by atoms with Crippen molar-refractivity contribution in [1.82, 2.24) is 15.4 Å². The monoisotopic (exact) mass is 867 g/mol. The van der Waals surface area contributed by atoms with E-state index in [0.29, 0.717) is 11.6 Å². The molecule has 1 aromatic heterocycles. The second-order valence-corrected chi connectivity index (χ2v) is 18.0. The van der Waals surface area contributed by atoms with Crippen LogP contribution in [-0.4, -0.2) is 16.5 Å². The Balaban J connectivity index is 1.08. The van der Waals surface area contributed by atoms with E-state index < -0.39 is 0 Å². The summed E-state index contributed by atoms with van der Waals surface area (Å²) in [5, 5.41) is 2.64. The lowest BCUT2D eigenvalue weighted by Crippen LogP contribution is -2.27. The number of fused-ring (bicyclic) bond motifs is 4. The number of nitrogen functional groups attached to an aromatic ring is 1. The minimum Gasteiger partial charge on any atom is -0.396 e. The number of rotatable bonds is 12. The van der Waals surface area contributed by atoms with Crippen LogP contribution in [0.25, 0.3) is 66.6 Å². The average molecular weight is 868 g/mol. The van der Waals surface area contributed by atoms with Gasteiger partial charge >= 0.3 is 0 Å². The molecule has 0 saturated heterocycles. The number of hydrogen-bond donors (Lipinski definition) is 3. The van der Waals surface area contributed by atoms with Crippen LogP contribution in [-0.2, 0) is 12.8 Å². The zero-order chi connectivity index (χ0) is 45.0. The molecule has 0 unspecified atom stereocenters.